The first-order chi connectivity index (χ1) is 14.5. The molecule has 3 atom stereocenters. The van der Waals surface area contributed by atoms with Gasteiger partial charge in [-0.15, -0.1) is 0 Å². The zero-order chi connectivity index (χ0) is 24.0. The first kappa shape index (κ1) is 27.7. The summed E-state index contributed by atoms with van der Waals surface area (Å²) >= 11 is 0. The zero-order valence-electron chi connectivity index (χ0n) is 16.1. The van der Waals surface area contributed by atoms with Crippen LogP contribution in [0.2, 0.25) is 0 Å². The molecule has 15 heteroatoms. The van der Waals surface area contributed by atoms with E-state index in [1.165, 1.54) is 0 Å². The number of hydrogen-bond donors (Lipinski definition) is 5. The van der Waals surface area contributed by atoms with Crippen LogP contribution in [0.5, 0.6) is 0 Å². The van der Waals surface area contributed by atoms with Gasteiger partial charge in [0.05, 0.1) is 26.1 Å². The molecule has 3 unspecified atom stereocenters. The Labute approximate surface area is 174 Å². The van der Waals surface area contributed by atoms with Gasteiger partial charge in [-0.2, -0.15) is 0 Å². The van der Waals surface area contributed by atoms with Crippen LogP contribution >= 0.6 is 0 Å². The minimum atomic E-state index is -1.71. The highest BCUT2D eigenvalue weighted by molar-refractivity contribution is 5.80. The Hall–Kier alpha value is -3.30. The molecule has 0 rings (SSSR count). The Morgan fingerprint density at radius 1 is 0.742 bits per heavy atom. The average Bonchev–Trinajstić information content (AvgIpc) is 2.65. The van der Waals surface area contributed by atoms with E-state index in [0.29, 0.717) is 0 Å². The summed E-state index contributed by atoms with van der Waals surface area (Å²) in [7, 11) is 0. The van der Waals surface area contributed by atoms with E-state index in [4.69, 9.17) is 29.9 Å². The maximum absolute atomic E-state index is 11.5. The van der Waals surface area contributed by atoms with Gasteiger partial charge in [0.1, 0.15) is 12.6 Å². The summed E-state index contributed by atoms with van der Waals surface area (Å²) in [6, 6.07) is -1.60. The van der Waals surface area contributed by atoms with E-state index in [9.17, 15) is 33.9 Å². The largest absolute Gasteiger partial charge is 0.481 e. The fourth-order valence-corrected chi connectivity index (χ4v) is 2.28. The van der Waals surface area contributed by atoms with Gasteiger partial charge in [0, 0.05) is 13.1 Å². The Balaban J connectivity index is 5.14. The molecule has 0 aliphatic rings. The van der Waals surface area contributed by atoms with Crippen molar-refractivity contribution >= 4 is 36.3 Å². The monoisotopic (exact) mass is 453 g/mol. The Morgan fingerprint density at radius 3 is 1.61 bits per heavy atom. The number of carboxylic acids is 5. The SMILES string of the molecule is O=COCC(OCCN(CCOC(CC(=O)O)C(=O)O)C(CC(=O)O)C(=O)O)C(=O)O. The van der Waals surface area contributed by atoms with Gasteiger partial charge in [-0.1, -0.05) is 0 Å². The maximum atomic E-state index is 11.5. The van der Waals surface area contributed by atoms with Gasteiger partial charge in [-0.05, 0) is 0 Å². The van der Waals surface area contributed by atoms with Crippen LogP contribution in [0, 0.1) is 0 Å². The van der Waals surface area contributed by atoms with E-state index in [2.05, 4.69) is 4.74 Å². The van der Waals surface area contributed by atoms with E-state index in [1.807, 2.05) is 0 Å². The summed E-state index contributed by atoms with van der Waals surface area (Å²) in [5.41, 5.74) is 0. The minimum Gasteiger partial charge on any atom is -0.481 e. The van der Waals surface area contributed by atoms with Crippen molar-refractivity contribution in [1.82, 2.24) is 4.90 Å². The molecule has 0 radical (unpaired) electrons. The number of carbonyl (C=O) groups excluding carboxylic acids is 1. The van der Waals surface area contributed by atoms with E-state index in [1.54, 1.807) is 0 Å². The van der Waals surface area contributed by atoms with Crippen LogP contribution in [0.4, 0.5) is 0 Å². The highest BCUT2D eigenvalue weighted by Gasteiger charge is 2.29. The van der Waals surface area contributed by atoms with E-state index in [0.717, 1.165) is 4.90 Å². The van der Waals surface area contributed by atoms with Crippen LogP contribution in [0.1, 0.15) is 12.8 Å². The lowest BCUT2D eigenvalue weighted by Gasteiger charge is -2.28. The molecule has 0 aromatic carbocycles. The molecule has 0 aliphatic carbocycles. The molecule has 176 valence electrons. The van der Waals surface area contributed by atoms with E-state index < -0.39 is 80.8 Å². The summed E-state index contributed by atoms with van der Waals surface area (Å²) in [5, 5.41) is 44.8. The lowest BCUT2D eigenvalue weighted by molar-refractivity contribution is -0.159. The normalized spacial score (nSPS) is 13.7. The maximum Gasteiger partial charge on any atom is 0.336 e. The molecule has 0 amide bonds. The second-order valence-corrected chi connectivity index (χ2v) is 5.91. The predicted molar refractivity (Wildman–Crippen MR) is 94.3 cm³/mol. The molecule has 0 bridgehead atoms. The van der Waals surface area contributed by atoms with Gasteiger partial charge in [-0.3, -0.25) is 24.1 Å². The number of carboxylic acid groups (broad SMARTS) is 5. The topological polar surface area (TPSA) is 234 Å². The average molecular weight is 453 g/mol. The van der Waals surface area contributed by atoms with Crippen molar-refractivity contribution < 1.29 is 68.5 Å². The molecule has 0 aromatic heterocycles. The second kappa shape index (κ2) is 14.6. The van der Waals surface area contributed by atoms with Gasteiger partial charge in [0.25, 0.3) is 6.47 Å². The minimum absolute atomic E-state index is 0.00621. The van der Waals surface area contributed by atoms with Crippen LogP contribution in [0.3, 0.4) is 0 Å². The molecule has 0 saturated carbocycles. The zero-order valence-corrected chi connectivity index (χ0v) is 16.1. The van der Waals surface area contributed by atoms with Gasteiger partial charge < -0.3 is 39.7 Å². The van der Waals surface area contributed by atoms with Crippen LogP contribution in [-0.4, -0.2) is 118 Å². The summed E-state index contributed by atoms with van der Waals surface area (Å²) in [6.07, 6.45) is -4.97. The van der Waals surface area contributed by atoms with Crippen molar-refractivity contribution in [3.63, 3.8) is 0 Å². The molecular formula is C16H23NO14. The lowest BCUT2D eigenvalue weighted by atomic mass is 10.1. The van der Waals surface area contributed by atoms with Gasteiger partial charge in [-0.25, -0.2) is 9.59 Å². The van der Waals surface area contributed by atoms with Crippen molar-refractivity contribution in [2.45, 2.75) is 31.1 Å². The van der Waals surface area contributed by atoms with Gasteiger partial charge in [0.2, 0.25) is 0 Å². The third kappa shape index (κ3) is 12.1. The smallest absolute Gasteiger partial charge is 0.336 e. The van der Waals surface area contributed by atoms with Crippen molar-refractivity contribution in [2.75, 3.05) is 32.9 Å². The first-order valence-electron chi connectivity index (χ1n) is 8.64. The number of carbonyl (C=O) groups is 6. The summed E-state index contributed by atoms with van der Waals surface area (Å²) in [4.78, 5) is 66.4. The summed E-state index contributed by atoms with van der Waals surface area (Å²) in [6.45, 7) is -2.14. The first-order valence-corrected chi connectivity index (χ1v) is 8.64. The predicted octanol–water partition coefficient (Wildman–Crippen LogP) is -2.20. The lowest BCUT2D eigenvalue weighted by Crippen LogP contribution is -2.47. The molecule has 0 fully saturated rings. The molecule has 0 spiro atoms. The highest BCUT2D eigenvalue weighted by Crippen LogP contribution is 2.08. The number of ether oxygens (including phenoxy) is 3. The Morgan fingerprint density at radius 2 is 1.23 bits per heavy atom. The van der Waals surface area contributed by atoms with Crippen molar-refractivity contribution in [3.8, 4) is 0 Å². The summed E-state index contributed by atoms with van der Waals surface area (Å²) < 4.78 is 14.3. The number of rotatable bonds is 19. The second-order valence-electron chi connectivity index (χ2n) is 5.91. The fourth-order valence-electron chi connectivity index (χ4n) is 2.28. The van der Waals surface area contributed by atoms with E-state index >= 15 is 0 Å². The van der Waals surface area contributed by atoms with Gasteiger partial charge in [0.15, 0.2) is 12.2 Å². The molecule has 15 nitrogen and oxygen atoms in total. The third-order valence-electron chi connectivity index (χ3n) is 3.72. The Bertz CT molecular complexity index is 650. The third-order valence-corrected chi connectivity index (χ3v) is 3.72. The highest BCUT2D eigenvalue weighted by atomic mass is 16.6. The standard InChI is InChI=1S/C16H23NO14/c18-8-29-7-11(16(27)28)31-4-2-17(9(14(23)24)5-12(19)20)1-3-30-10(15(25)26)6-13(21)22/h8-11H,1-7H2,(H,19,20)(H,21,22)(H,23,24)(H,25,26)(H,27,28). The Kier molecular flexibility index (Phi) is 13.1. The van der Waals surface area contributed by atoms with Crippen LogP contribution < -0.4 is 0 Å². The van der Waals surface area contributed by atoms with Crippen LogP contribution in [0.25, 0.3) is 0 Å². The number of aliphatic carboxylic acids is 5. The number of hydrogen-bond acceptors (Lipinski definition) is 10. The molecule has 0 saturated heterocycles. The quantitative estimate of drug-likeness (QED) is 0.131. The van der Waals surface area contributed by atoms with Crippen molar-refractivity contribution in [1.29, 1.82) is 0 Å². The van der Waals surface area contributed by atoms with E-state index in [-0.39, 0.29) is 19.6 Å². The van der Waals surface area contributed by atoms with Crippen molar-refractivity contribution in [2.24, 2.45) is 0 Å². The molecular weight excluding hydrogens is 430 g/mol. The van der Waals surface area contributed by atoms with Gasteiger partial charge >= 0.3 is 29.8 Å². The van der Waals surface area contributed by atoms with Crippen LogP contribution in [-0.2, 0) is 43.0 Å². The number of nitrogens with zero attached hydrogens (tertiary/aromatic N) is 1. The fraction of sp³-hybridized carbons (Fsp3) is 0.625. The summed E-state index contributed by atoms with van der Waals surface area (Å²) in [5.74, 6) is -7.44. The molecule has 5 N–H and O–H groups in total. The molecule has 31 heavy (non-hydrogen) atoms. The molecule has 0 aliphatic heterocycles. The van der Waals surface area contributed by atoms with Crippen molar-refractivity contribution in [3.05, 3.63) is 0 Å². The van der Waals surface area contributed by atoms with Crippen LogP contribution in [0.15, 0.2) is 0 Å². The molecule has 0 heterocycles. The molecule has 0 aromatic rings.